The third kappa shape index (κ3) is 4.00. The number of hydrogen-bond acceptors (Lipinski definition) is 3. The van der Waals surface area contributed by atoms with Crippen molar-refractivity contribution in [1.29, 1.82) is 0 Å². The van der Waals surface area contributed by atoms with Crippen LogP contribution in [0, 0.1) is 17.6 Å². The summed E-state index contributed by atoms with van der Waals surface area (Å²) in [4.78, 5) is 15.1. The zero-order valence-corrected chi connectivity index (χ0v) is 17.7. The summed E-state index contributed by atoms with van der Waals surface area (Å²) in [6, 6.07) is 7.50. The van der Waals surface area contributed by atoms with Gasteiger partial charge >= 0.3 is 0 Å². The monoisotopic (exact) mass is 447 g/mol. The third-order valence-electron chi connectivity index (χ3n) is 6.30. The lowest BCUT2D eigenvalue weighted by Crippen LogP contribution is -2.43. The van der Waals surface area contributed by atoms with Gasteiger partial charge in [0.2, 0.25) is 5.91 Å². The van der Waals surface area contributed by atoms with Gasteiger partial charge in [-0.1, -0.05) is 0 Å². The molecular formula is C23H24ClF2N3O2. The van der Waals surface area contributed by atoms with Crippen molar-refractivity contribution >= 4 is 29.2 Å². The number of hydrogen-bond donors (Lipinski definition) is 3. The van der Waals surface area contributed by atoms with Crippen LogP contribution < -0.4 is 15.8 Å². The number of nitrogens with two attached hydrogens (primary N) is 1. The standard InChI is InChI=1S/C23H23F2N3O2.ClH/c24-13-2-6-20-17(8-13)15-3-1-12(7-21(15)28-20)10-27-14-9-18-16(23(26)29)4-5-19(25)22(18)30-11-14;/h2,4-6,8,12,14,27-28H,1,3,7,9-11H2,(H2,26,29);1H/t12?,14-;/m1./s1. The number of benzene rings is 2. The van der Waals surface area contributed by atoms with Crippen LogP contribution in [0.25, 0.3) is 10.9 Å². The molecule has 0 bridgehead atoms. The molecule has 3 aromatic rings. The quantitative estimate of drug-likeness (QED) is 0.571. The highest BCUT2D eigenvalue weighted by atomic mass is 35.5. The lowest BCUT2D eigenvalue weighted by Gasteiger charge is -2.30. The summed E-state index contributed by atoms with van der Waals surface area (Å²) in [5.74, 6) is -0.691. The van der Waals surface area contributed by atoms with E-state index in [1.807, 2.05) is 0 Å². The zero-order valence-electron chi connectivity index (χ0n) is 16.8. The number of amides is 1. The Balaban J connectivity index is 0.00000231. The van der Waals surface area contributed by atoms with Crippen LogP contribution in [-0.4, -0.2) is 30.1 Å². The molecule has 1 aliphatic carbocycles. The molecule has 2 heterocycles. The highest BCUT2D eigenvalue weighted by Crippen LogP contribution is 2.33. The zero-order chi connectivity index (χ0) is 20.8. The topological polar surface area (TPSA) is 80.1 Å². The number of nitrogens with one attached hydrogen (secondary N) is 2. The van der Waals surface area contributed by atoms with Gasteiger partial charge in [-0.3, -0.25) is 4.79 Å². The van der Waals surface area contributed by atoms with Gasteiger partial charge in [0, 0.05) is 33.8 Å². The van der Waals surface area contributed by atoms with E-state index in [0.717, 1.165) is 36.7 Å². The van der Waals surface area contributed by atoms with Crippen LogP contribution in [0.3, 0.4) is 0 Å². The fourth-order valence-corrected chi connectivity index (χ4v) is 4.79. The summed E-state index contributed by atoms with van der Waals surface area (Å²) in [6.45, 7) is 1.13. The number of aromatic amines is 1. The first-order chi connectivity index (χ1) is 14.5. The molecule has 0 spiro atoms. The summed E-state index contributed by atoms with van der Waals surface area (Å²) in [5.41, 5.74) is 9.67. The number of fused-ring (bicyclic) bond motifs is 4. The first-order valence-electron chi connectivity index (χ1n) is 10.3. The number of rotatable bonds is 4. The van der Waals surface area contributed by atoms with Crippen LogP contribution in [0.5, 0.6) is 5.75 Å². The minimum absolute atomic E-state index is 0. The number of carbonyl (C=O) groups is 1. The number of carbonyl (C=O) groups excluding carboxylic acids is 1. The van der Waals surface area contributed by atoms with Gasteiger partial charge < -0.3 is 20.8 Å². The van der Waals surface area contributed by atoms with E-state index in [1.165, 1.54) is 29.5 Å². The molecule has 1 aliphatic heterocycles. The van der Waals surface area contributed by atoms with Gasteiger partial charge in [-0.25, -0.2) is 8.78 Å². The van der Waals surface area contributed by atoms with Gasteiger partial charge in [0.05, 0.1) is 0 Å². The number of primary amides is 1. The first-order valence-corrected chi connectivity index (χ1v) is 10.3. The van der Waals surface area contributed by atoms with Gasteiger partial charge in [0.25, 0.3) is 0 Å². The molecule has 0 fully saturated rings. The molecule has 31 heavy (non-hydrogen) atoms. The molecule has 0 saturated heterocycles. The van der Waals surface area contributed by atoms with Crippen molar-refractivity contribution in [3.8, 4) is 5.75 Å². The van der Waals surface area contributed by atoms with Crippen LogP contribution >= 0.6 is 12.4 Å². The predicted molar refractivity (Wildman–Crippen MR) is 117 cm³/mol. The Morgan fingerprint density at radius 1 is 1.19 bits per heavy atom. The summed E-state index contributed by atoms with van der Waals surface area (Å²) in [6.07, 6.45) is 3.31. The van der Waals surface area contributed by atoms with Crippen molar-refractivity contribution in [1.82, 2.24) is 10.3 Å². The Morgan fingerprint density at radius 3 is 2.84 bits per heavy atom. The van der Waals surface area contributed by atoms with E-state index in [2.05, 4.69) is 10.3 Å². The molecule has 0 saturated carbocycles. The van der Waals surface area contributed by atoms with Crippen LogP contribution in [-0.2, 0) is 19.3 Å². The lowest BCUT2D eigenvalue weighted by atomic mass is 9.86. The van der Waals surface area contributed by atoms with E-state index in [-0.39, 0.29) is 30.0 Å². The number of halogens is 3. The van der Waals surface area contributed by atoms with E-state index in [9.17, 15) is 13.6 Å². The molecule has 164 valence electrons. The van der Waals surface area contributed by atoms with Gasteiger partial charge in [-0.15, -0.1) is 12.4 Å². The van der Waals surface area contributed by atoms with Crippen molar-refractivity contribution < 1.29 is 18.3 Å². The average Bonchev–Trinajstić information content (AvgIpc) is 3.09. The fraction of sp³-hybridized carbons (Fsp3) is 0.348. The Kier molecular flexibility index (Phi) is 5.90. The van der Waals surface area contributed by atoms with E-state index in [4.69, 9.17) is 10.5 Å². The van der Waals surface area contributed by atoms with Crippen molar-refractivity contribution in [2.75, 3.05) is 13.2 Å². The Morgan fingerprint density at radius 2 is 2.03 bits per heavy atom. The largest absolute Gasteiger partial charge is 0.489 e. The molecular weight excluding hydrogens is 424 g/mol. The van der Waals surface area contributed by atoms with Crippen LogP contribution in [0.1, 0.15) is 33.6 Å². The molecule has 1 amide bonds. The van der Waals surface area contributed by atoms with Gasteiger partial charge in [0.15, 0.2) is 11.6 Å². The van der Waals surface area contributed by atoms with Crippen LogP contribution in [0.15, 0.2) is 30.3 Å². The Bertz CT molecular complexity index is 1150. The summed E-state index contributed by atoms with van der Waals surface area (Å²) in [7, 11) is 0. The second-order valence-corrected chi connectivity index (χ2v) is 8.27. The molecule has 2 atom stereocenters. The van der Waals surface area contributed by atoms with E-state index in [1.54, 1.807) is 12.1 Å². The Hall–Kier alpha value is -2.64. The van der Waals surface area contributed by atoms with Gasteiger partial charge in [-0.2, -0.15) is 0 Å². The third-order valence-corrected chi connectivity index (χ3v) is 6.30. The highest BCUT2D eigenvalue weighted by molar-refractivity contribution is 5.95. The van der Waals surface area contributed by atoms with E-state index < -0.39 is 11.7 Å². The van der Waals surface area contributed by atoms with E-state index >= 15 is 0 Å². The van der Waals surface area contributed by atoms with Gasteiger partial charge in [0.1, 0.15) is 12.4 Å². The molecule has 5 rings (SSSR count). The van der Waals surface area contributed by atoms with Crippen LogP contribution in [0.2, 0.25) is 0 Å². The summed E-state index contributed by atoms with van der Waals surface area (Å²) in [5, 5.41) is 4.50. The molecule has 1 aromatic heterocycles. The molecule has 0 radical (unpaired) electrons. The maximum atomic E-state index is 14.0. The SMILES string of the molecule is Cl.NC(=O)c1ccc(F)c2c1C[C@@H](NCC1CCc3c([nH]c4ccc(F)cc34)C1)CO2. The van der Waals surface area contributed by atoms with Crippen molar-refractivity contribution in [3.05, 3.63) is 64.4 Å². The maximum absolute atomic E-state index is 14.0. The summed E-state index contributed by atoms with van der Waals surface area (Å²) < 4.78 is 33.3. The Labute approximate surface area is 184 Å². The molecule has 2 aliphatic rings. The minimum atomic E-state index is -0.578. The van der Waals surface area contributed by atoms with Crippen molar-refractivity contribution in [3.63, 3.8) is 0 Å². The van der Waals surface area contributed by atoms with Crippen molar-refractivity contribution in [2.24, 2.45) is 11.7 Å². The summed E-state index contributed by atoms with van der Waals surface area (Å²) >= 11 is 0. The average molecular weight is 448 g/mol. The number of aromatic nitrogens is 1. The number of aryl methyl sites for hydroxylation is 1. The molecule has 5 nitrogen and oxygen atoms in total. The van der Waals surface area contributed by atoms with Gasteiger partial charge in [-0.05, 0) is 74.0 Å². The second-order valence-electron chi connectivity index (χ2n) is 8.27. The normalized spacial score (nSPS) is 19.8. The molecule has 4 N–H and O–H groups in total. The van der Waals surface area contributed by atoms with E-state index in [0.29, 0.717) is 30.1 Å². The molecule has 2 aromatic carbocycles. The molecule has 1 unspecified atom stereocenters. The predicted octanol–water partition coefficient (Wildman–Crippen LogP) is 3.67. The van der Waals surface area contributed by atoms with Crippen LogP contribution in [0.4, 0.5) is 8.78 Å². The lowest BCUT2D eigenvalue weighted by molar-refractivity contribution is 0.0997. The molecule has 8 heteroatoms. The minimum Gasteiger partial charge on any atom is -0.489 e. The maximum Gasteiger partial charge on any atom is 0.249 e. The fourth-order valence-electron chi connectivity index (χ4n) is 4.79. The number of ether oxygens (including phenoxy) is 1. The smallest absolute Gasteiger partial charge is 0.249 e. The number of H-pyrrole nitrogens is 1. The highest BCUT2D eigenvalue weighted by Gasteiger charge is 2.28. The first kappa shape index (κ1) is 21.6. The second kappa shape index (κ2) is 8.48. The van der Waals surface area contributed by atoms with Crippen molar-refractivity contribution in [2.45, 2.75) is 31.7 Å².